The normalized spacial score (nSPS) is 20.9. The van der Waals surface area contributed by atoms with E-state index in [0.29, 0.717) is 6.54 Å². The smallest absolute Gasteiger partial charge is 0.244 e. The molecule has 18 heavy (non-hydrogen) atoms. The summed E-state index contributed by atoms with van der Waals surface area (Å²) < 4.78 is 0. The Balaban J connectivity index is 2.12. The number of hydrogen-bond donors (Lipinski definition) is 1. The van der Waals surface area contributed by atoms with E-state index in [1.807, 2.05) is 17.0 Å². The molecule has 2 heterocycles. The largest absolute Gasteiger partial charge is 0.335 e. The third-order valence-electron chi connectivity index (χ3n) is 3.16. The number of amides is 1. The summed E-state index contributed by atoms with van der Waals surface area (Å²) in [7, 11) is 1.79. The van der Waals surface area contributed by atoms with E-state index in [9.17, 15) is 4.79 Å². The Hall–Kier alpha value is -1.75. The van der Waals surface area contributed by atoms with E-state index in [4.69, 9.17) is 0 Å². The lowest BCUT2D eigenvalue weighted by molar-refractivity contribution is -0.132. The van der Waals surface area contributed by atoms with Gasteiger partial charge in [-0.15, -0.1) is 0 Å². The van der Waals surface area contributed by atoms with Gasteiger partial charge in [0.2, 0.25) is 5.91 Å². The number of nitrogens with one attached hydrogen (secondary N) is 1. The van der Waals surface area contributed by atoms with Gasteiger partial charge in [-0.05, 0) is 32.0 Å². The summed E-state index contributed by atoms with van der Waals surface area (Å²) in [4.78, 5) is 14.2. The molecule has 1 unspecified atom stereocenters. The summed E-state index contributed by atoms with van der Waals surface area (Å²) >= 11 is 0. The molecule has 1 aromatic heterocycles. The minimum Gasteiger partial charge on any atom is -0.335 e. The van der Waals surface area contributed by atoms with Gasteiger partial charge in [0.15, 0.2) is 0 Å². The van der Waals surface area contributed by atoms with Crippen molar-refractivity contribution in [2.75, 3.05) is 13.6 Å². The zero-order valence-electron chi connectivity index (χ0n) is 10.6. The van der Waals surface area contributed by atoms with E-state index < -0.39 is 0 Å². The first-order valence-corrected chi connectivity index (χ1v) is 6.12. The molecule has 1 atom stereocenters. The van der Waals surface area contributed by atoms with Gasteiger partial charge in [0.1, 0.15) is 6.04 Å². The molecule has 1 saturated heterocycles. The fourth-order valence-electron chi connectivity index (χ4n) is 2.21. The second-order valence-corrected chi connectivity index (χ2v) is 4.46. The standard InChI is InChI=1S/C13H18N4O/c1-10-5-4-8-17(13(18)12(10)14-2)9-11-6-3-7-15-16-11/h3,6-7,12,14H,1,4-5,8-9H2,2H3. The van der Waals surface area contributed by atoms with Crippen molar-refractivity contribution in [1.82, 2.24) is 20.4 Å². The molecule has 1 amide bonds. The number of carbonyl (C=O) groups is 1. The Labute approximate surface area is 107 Å². The molecule has 5 heteroatoms. The van der Waals surface area contributed by atoms with E-state index in [1.54, 1.807) is 13.2 Å². The van der Waals surface area contributed by atoms with Crippen LogP contribution < -0.4 is 5.32 Å². The molecule has 0 spiro atoms. The number of likely N-dealkylation sites (tertiary alicyclic amines) is 1. The molecule has 0 radical (unpaired) electrons. The summed E-state index contributed by atoms with van der Waals surface area (Å²) in [5, 5.41) is 10.9. The summed E-state index contributed by atoms with van der Waals surface area (Å²) in [6.45, 7) is 5.24. The number of aromatic nitrogens is 2. The number of likely N-dealkylation sites (N-methyl/N-ethyl adjacent to an activating group) is 1. The molecule has 96 valence electrons. The minimum absolute atomic E-state index is 0.0747. The molecule has 0 bridgehead atoms. The number of hydrogen-bond acceptors (Lipinski definition) is 4. The zero-order valence-corrected chi connectivity index (χ0v) is 10.6. The summed E-state index contributed by atoms with van der Waals surface area (Å²) in [5.41, 5.74) is 1.78. The van der Waals surface area contributed by atoms with Crippen molar-refractivity contribution >= 4 is 5.91 Å². The van der Waals surface area contributed by atoms with Gasteiger partial charge >= 0.3 is 0 Å². The molecular formula is C13H18N4O. The predicted octanol–water partition coefficient (Wildman–Crippen LogP) is 0.743. The average Bonchev–Trinajstić information content (AvgIpc) is 2.51. The van der Waals surface area contributed by atoms with E-state index in [1.165, 1.54) is 0 Å². The van der Waals surface area contributed by atoms with Gasteiger partial charge in [0, 0.05) is 12.7 Å². The van der Waals surface area contributed by atoms with Crippen LogP contribution in [0.5, 0.6) is 0 Å². The second-order valence-electron chi connectivity index (χ2n) is 4.46. The van der Waals surface area contributed by atoms with Gasteiger partial charge in [-0.25, -0.2) is 0 Å². The Morgan fingerprint density at radius 3 is 3.11 bits per heavy atom. The molecule has 1 aliphatic heterocycles. The van der Waals surface area contributed by atoms with Crippen LogP contribution in [0, 0.1) is 0 Å². The lowest BCUT2D eigenvalue weighted by atomic mass is 10.1. The molecule has 0 aromatic carbocycles. The van der Waals surface area contributed by atoms with Crippen molar-refractivity contribution in [3.05, 3.63) is 36.2 Å². The van der Waals surface area contributed by atoms with E-state index >= 15 is 0 Å². The third kappa shape index (κ3) is 2.73. The van der Waals surface area contributed by atoms with Crippen molar-refractivity contribution in [1.29, 1.82) is 0 Å². The maximum atomic E-state index is 12.3. The van der Waals surface area contributed by atoms with E-state index in [0.717, 1.165) is 30.7 Å². The van der Waals surface area contributed by atoms with Crippen LogP contribution in [-0.2, 0) is 11.3 Å². The highest BCUT2D eigenvalue weighted by Crippen LogP contribution is 2.17. The second kappa shape index (κ2) is 5.73. The molecule has 1 aliphatic rings. The highest BCUT2D eigenvalue weighted by molar-refractivity contribution is 5.85. The van der Waals surface area contributed by atoms with Crippen LogP contribution in [0.15, 0.2) is 30.5 Å². The maximum Gasteiger partial charge on any atom is 0.244 e. The molecule has 1 fully saturated rings. The number of nitrogens with zero attached hydrogens (tertiary/aromatic N) is 3. The molecule has 1 aromatic rings. The van der Waals surface area contributed by atoms with Crippen LogP contribution >= 0.6 is 0 Å². The molecule has 0 saturated carbocycles. The van der Waals surface area contributed by atoms with Crippen LogP contribution in [-0.4, -0.2) is 40.6 Å². The number of carbonyl (C=O) groups excluding carboxylic acids is 1. The first-order chi connectivity index (χ1) is 8.72. The van der Waals surface area contributed by atoms with E-state index in [2.05, 4.69) is 22.1 Å². The van der Waals surface area contributed by atoms with Crippen molar-refractivity contribution in [2.45, 2.75) is 25.4 Å². The summed E-state index contributed by atoms with van der Waals surface area (Å²) in [6.07, 6.45) is 3.46. The number of rotatable bonds is 3. The van der Waals surface area contributed by atoms with Gasteiger partial charge < -0.3 is 10.2 Å². The van der Waals surface area contributed by atoms with Crippen LogP contribution in [0.4, 0.5) is 0 Å². The SMILES string of the molecule is C=C1CCCN(Cc2cccnn2)C(=O)C1NC. The average molecular weight is 246 g/mol. The van der Waals surface area contributed by atoms with Crippen LogP contribution in [0.3, 0.4) is 0 Å². The third-order valence-corrected chi connectivity index (χ3v) is 3.16. The van der Waals surface area contributed by atoms with Gasteiger partial charge in [-0.2, -0.15) is 10.2 Å². The fraction of sp³-hybridized carbons (Fsp3) is 0.462. The first kappa shape index (κ1) is 12.7. The van der Waals surface area contributed by atoms with Crippen LogP contribution in [0.1, 0.15) is 18.5 Å². The van der Waals surface area contributed by atoms with Crippen molar-refractivity contribution < 1.29 is 4.79 Å². The van der Waals surface area contributed by atoms with Crippen molar-refractivity contribution in [2.24, 2.45) is 0 Å². The van der Waals surface area contributed by atoms with Crippen molar-refractivity contribution in [3.8, 4) is 0 Å². The Kier molecular flexibility index (Phi) is 4.04. The topological polar surface area (TPSA) is 58.1 Å². The van der Waals surface area contributed by atoms with Crippen LogP contribution in [0.2, 0.25) is 0 Å². The Bertz CT molecular complexity index is 432. The van der Waals surface area contributed by atoms with Gasteiger partial charge in [0.25, 0.3) is 0 Å². The fourth-order valence-corrected chi connectivity index (χ4v) is 2.21. The quantitative estimate of drug-likeness (QED) is 0.799. The lowest BCUT2D eigenvalue weighted by Crippen LogP contribution is -2.44. The van der Waals surface area contributed by atoms with Gasteiger partial charge in [-0.3, -0.25) is 4.79 Å². The summed E-state index contributed by atoms with van der Waals surface area (Å²) in [6, 6.07) is 3.44. The highest BCUT2D eigenvalue weighted by Gasteiger charge is 2.28. The predicted molar refractivity (Wildman–Crippen MR) is 68.7 cm³/mol. The summed E-state index contributed by atoms with van der Waals surface area (Å²) in [5.74, 6) is 0.0747. The molecule has 0 aliphatic carbocycles. The Morgan fingerprint density at radius 2 is 2.44 bits per heavy atom. The van der Waals surface area contributed by atoms with Crippen molar-refractivity contribution in [3.63, 3.8) is 0 Å². The monoisotopic (exact) mass is 246 g/mol. The maximum absolute atomic E-state index is 12.3. The lowest BCUT2D eigenvalue weighted by Gasteiger charge is -2.24. The van der Waals surface area contributed by atoms with Crippen LogP contribution in [0.25, 0.3) is 0 Å². The first-order valence-electron chi connectivity index (χ1n) is 6.12. The Morgan fingerprint density at radius 1 is 1.61 bits per heavy atom. The molecule has 2 rings (SSSR count). The molecule has 5 nitrogen and oxygen atoms in total. The zero-order chi connectivity index (χ0) is 13.0. The van der Waals surface area contributed by atoms with Gasteiger partial charge in [0.05, 0.1) is 12.2 Å². The molecule has 1 N–H and O–H groups in total. The van der Waals surface area contributed by atoms with E-state index in [-0.39, 0.29) is 11.9 Å². The minimum atomic E-state index is -0.274. The molecular weight excluding hydrogens is 228 g/mol. The van der Waals surface area contributed by atoms with Gasteiger partial charge in [-0.1, -0.05) is 12.2 Å². The highest BCUT2D eigenvalue weighted by atomic mass is 16.2.